The van der Waals surface area contributed by atoms with Crippen molar-refractivity contribution in [2.24, 2.45) is 0 Å². The van der Waals surface area contributed by atoms with Gasteiger partial charge >= 0.3 is 0 Å². The number of anilines is 1. The summed E-state index contributed by atoms with van der Waals surface area (Å²) < 4.78 is 12.7. The molecule has 0 bridgehead atoms. The largest absolute Gasteiger partial charge is 0.326 e. The molecule has 0 aliphatic heterocycles. The van der Waals surface area contributed by atoms with E-state index in [1.807, 2.05) is 12.3 Å². The van der Waals surface area contributed by atoms with E-state index in [4.69, 9.17) is 0 Å². The minimum Gasteiger partial charge on any atom is -0.326 e. The lowest BCUT2D eigenvalue weighted by atomic mass is 10.2. The Hall–Kier alpha value is -1.75. The van der Waals surface area contributed by atoms with Crippen LogP contribution in [0.25, 0.3) is 0 Å². The third-order valence-electron chi connectivity index (χ3n) is 2.40. The fourth-order valence-electron chi connectivity index (χ4n) is 1.52. The fourth-order valence-corrected chi connectivity index (χ4v) is 2.17. The number of carbonyl (C=O) groups is 1. The van der Waals surface area contributed by atoms with Crippen molar-refractivity contribution in [3.05, 3.63) is 46.2 Å². The first-order valence-corrected chi connectivity index (χ1v) is 6.48. The van der Waals surface area contributed by atoms with Crippen LogP contribution in [0.5, 0.6) is 0 Å². The summed E-state index contributed by atoms with van der Waals surface area (Å²) in [6.45, 7) is 1.94. The molecule has 0 saturated carbocycles. The summed E-state index contributed by atoms with van der Waals surface area (Å²) in [5.41, 5.74) is 1.54. The number of hydrogen-bond acceptors (Lipinski definition) is 3. The molecule has 18 heavy (non-hydrogen) atoms. The molecule has 5 heteroatoms. The second-order valence-electron chi connectivity index (χ2n) is 3.91. The SMILES string of the molecule is Cc1nc(CCC(=O)Nc2ccc(F)cc2)cs1. The Morgan fingerprint density at radius 3 is 2.72 bits per heavy atom. The Balaban J connectivity index is 1.83. The minimum atomic E-state index is -0.314. The van der Waals surface area contributed by atoms with Gasteiger partial charge in [0.1, 0.15) is 5.82 Å². The van der Waals surface area contributed by atoms with Crippen LogP contribution in [0.4, 0.5) is 10.1 Å². The molecule has 0 unspecified atom stereocenters. The van der Waals surface area contributed by atoms with Crippen LogP contribution in [0.15, 0.2) is 29.6 Å². The highest BCUT2D eigenvalue weighted by Crippen LogP contribution is 2.11. The highest BCUT2D eigenvalue weighted by atomic mass is 32.1. The molecule has 1 amide bonds. The van der Waals surface area contributed by atoms with E-state index in [0.717, 1.165) is 10.7 Å². The monoisotopic (exact) mass is 264 g/mol. The average molecular weight is 264 g/mol. The maximum atomic E-state index is 12.7. The van der Waals surface area contributed by atoms with Crippen LogP contribution in [-0.4, -0.2) is 10.9 Å². The van der Waals surface area contributed by atoms with Gasteiger partial charge in [-0.25, -0.2) is 9.37 Å². The fraction of sp³-hybridized carbons (Fsp3) is 0.231. The second kappa shape index (κ2) is 5.73. The predicted octanol–water partition coefficient (Wildman–Crippen LogP) is 3.16. The number of aromatic nitrogens is 1. The molecule has 2 rings (SSSR count). The van der Waals surface area contributed by atoms with Gasteiger partial charge < -0.3 is 5.32 Å². The molecular formula is C13H13FN2OS. The van der Waals surface area contributed by atoms with E-state index < -0.39 is 0 Å². The van der Waals surface area contributed by atoms with Crippen LogP contribution < -0.4 is 5.32 Å². The third-order valence-corrected chi connectivity index (χ3v) is 3.23. The van der Waals surface area contributed by atoms with Crippen LogP contribution in [0, 0.1) is 12.7 Å². The van der Waals surface area contributed by atoms with Crippen molar-refractivity contribution in [1.82, 2.24) is 4.98 Å². The van der Waals surface area contributed by atoms with Gasteiger partial charge in [0.25, 0.3) is 0 Å². The van der Waals surface area contributed by atoms with E-state index in [0.29, 0.717) is 18.5 Å². The molecule has 0 atom stereocenters. The second-order valence-corrected chi connectivity index (χ2v) is 4.98. The van der Waals surface area contributed by atoms with Gasteiger partial charge in [0, 0.05) is 17.5 Å². The van der Waals surface area contributed by atoms with Crippen LogP contribution >= 0.6 is 11.3 Å². The molecule has 3 nitrogen and oxygen atoms in total. The molecular weight excluding hydrogens is 251 g/mol. The van der Waals surface area contributed by atoms with Crippen molar-refractivity contribution < 1.29 is 9.18 Å². The maximum absolute atomic E-state index is 12.7. The Labute approximate surface area is 109 Å². The highest BCUT2D eigenvalue weighted by Gasteiger charge is 2.05. The van der Waals surface area contributed by atoms with Crippen LogP contribution in [0.2, 0.25) is 0 Å². The molecule has 0 fully saturated rings. The number of halogens is 1. The molecule has 0 spiro atoms. The summed E-state index contributed by atoms with van der Waals surface area (Å²) in [5, 5.41) is 5.68. The summed E-state index contributed by atoms with van der Waals surface area (Å²) in [6.07, 6.45) is 0.998. The molecule has 0 radical (unpaired) electrons. The summed E-state index contributed by atoms with van der Waals surface area (Å²) in [7, 11) is 0. The summed E-state index contributed by atoms with van der Waals surface area (Å²) in [4.78, 5) is 15.9. The van der Waals surface area contributed by atoms with Gasteiger partial charge in [0.15, 0.2) is 0 Å². The number of hydrogen-bond donors (Lipinski definition) is 1. The lowest BCUT2D eigenvalue weighted by Gasteiger charge is -2.04. The third kappa shape index (κ3) is 3.63. The van der Waals surface area contributed by atoms with Gasteiger partial charge in [0.05, 0.1) is 10.7 Å². The molecule has 1 heterocycles. The van der Waals surface area contributed by atoms with E-state index in [9.17, 15) is 9.18 Å². The zero-order valence-corrected chi connectivity index (χ0v) is 10.8. The number of benzene rings is 1. The molecule has 1 aromatic heterocycles. The normalized spacial score (nSPS) is 10.3. The Morgan fingerprint density at radius 1 is 1.39 bits per heavy atom. The number of rotatable bonds is 4. The van der Waals surface area contributed by atoms with E-state index in [2.05, 4.69) is 10.3 Å². The standard InChI is InChI=1S/C13H13FN2OS/c1-9-15-12(8-18-9)6-7-13(17)16-11-4-2-10(14)3-5-11/h2-5,8H,6-7H2,1H3,(H,16,17). The van der Waals surface area contributed by atoms with E-state index in [1.54, 1.807) is 23.5 Å². The van der Waals surface area contributed by atoms with Crippen molar-refractivity contribution in [3.8, 4) is 0 Å². The van der Waals surface area contributed by atoms with Crippen LogP contribution in [0.1, 0.15) is 17.1 Å². The van der Waals surface area contributed by atoms with Crippen molar-refractivity contribution in [2.75, 3.05) is 5.32 Å². The average Bonchev–Trinajstić information content (AvgIpc) is 2.76. The minimum absolute atomic E-state index is 0.0905. The molecule has 0 aliphatic carbocycles. The smallest absolute Gasteiger partial charge is 0.224 e. The first kappa shape index (κ1) is 12.7. The number of nitrogens with zero attached hydrogens (tertiary/aromatic N) is 1. The quantitative estimate of drug-likeness (QED) is 0.921. The van der Waals surface area contributed by atoms with E-state index in [1.165, 1.54) is 12.1 Å². The highest BCUT2D eigenvalue weighted by molar-refractivity contribution is 7.09. The molecule has 2 aromatic rings. The van der Waals surface area contributed by atoms with Crippen molar-refractivity contribution in [1.29, 1.82) is 0 Å². The Kier molecular flexibility index (Phi) is 4.04. The molecule has 1 N–H and O–H groups in total. The van der Waals surface area contributed by atoms with E-state index in [-0.39, 0.29) is 11.7 Å². The van der Waals surface area contributed by atoms with Gasteiger partial charge in [-0.1, -0.05) is 0 Å². The maximum Gasteiger partial charge on any atom is 0.224 e. The molecule has 0 aliphatic rings. The zero-order valence-electron chi connectivity index (χ0n) is 9.94. The topological polar surface area (TPSA) is 42.0 Å². The summed E-state index contributed by atoms with van der Waals surface area (Å²) in [5.74, 6) is -0.404. The van der Waals surface area contributed by atoms with Crippen molar-refractivity contribution >= 4 is 22.9 Å². The number of thiazole rings is 1. The summed E-state index contributed by atoms with van der Waals surface area (Å²) in [6, 6.07) is 5.72. The first-order chi connectivity index (χ1) is 8.63. The lowest BCUT2D eigenvalue weighted by Crippen LogP contribution is -2.12. The first-order valence-electron chi connectivity index (χ1n) is 5.60. The van der Waals surface area contributed by atoms with Crippen LogP contribution in [0.3, 0.4) is 0 Å². The number of amides is 1. The molecule has 94 valence electrons. The van der Waals surface area contributed by atoms with Gasteiger partial charge in [-0.3, -0.25) is 4.79 Å². The van der Waals surface area contributed by atoms with Gasteiger partial charge in [-0.2, -0.15) is 0 Å². The van der Waals surface area contributed by atoms with Crippen LogP contribution in [-0.2, 0) is 11.2 Å². The van der Waals surface area contributed by atoms with Gasteiger partial charge in [0.2, 0.25) is 5.91 Å². The zero-order chi connectivity index (χ0) is 13.0. The lowest BCUT2D eigenvalue weighted by molar-refractivity contribution is -0.116. The van der Waals surface area contributed by atoms with Crippen molar-refractivity contribution in [3.63, 3.8) is 0 Å². The number of nitrogens with one attached hydrogen (secondary N) is 1. The molecule has 0 saturated heterocycles. The Morgan fingerprint density at radius 2 is 2.11 bits per heavy atom. The summed E-state index contributed by atoms with van der Waals surface area (Å²) >= 11 is 1.58. The van der Waals surface area contributed by atoms with E-state index >= 15 is 0 Å². The number of aryl methyl sites for hydroxylation is 2. The predicted molar refractivity (Wildman–Crippen MR) is 70.2 cm³/mol. The molecule has 1 aromatic carbocycles. The van der Waals surface area contributed by atoms with Gasteiger partial charge in [-0.05, 0) is 37.6 Å². The number of carbonyl (C=O) groups excluding carboxylic acids is 1. The Bertz CT molecular complexity index is 536. The van der Waals surface area contributed by atoms with Crippen molar-refractivity contribution in [2.45, 2.75) is 19.8 Å². The van der Waals surface area contributed by atoms with Gasteiger partial charge in [-0.15, -0.1) is 11.3 Å².